The first kappa shape index (κ1) is 11.8. The van der Waals surface area contributed by atoms with Gasteiger partial charge in [-0.15, -0.1) is 0 Å². The molecule has 92 valence electrons. The molecule has 2 heterocycles. The third kappa shape index (κ3) is 3.42. The number of carbonyl (C=O) groups excluding carboxylic acids is 1. The topological polar surface area (TPSA) is 88.2 Å². The molecule has 0 aliphatic carbocycles. The van der Waals surface area contributed by atoms with Gasteiger partial charge in [-0.2, -0.15) is 0 Å². The van der Waals surface area contributed by atoms with E-state index in [1.165, 1.54) is 0 Å². The first-order valence-corrected chi connectivity index (χ1v) is 7.06. The number of nitrogens with zero attached hydrogens (tertiary/aromatic N) is 1. The maximum Gasteiger partial charge on any atom is 0.320 e. The van der Waals surface area contributed by atoms with E-state index < -0.39 is 15.9 Å². The summed E-state index contributed by atoms with van der Waals surface area (Å²) < 4.78 is 22.4. The van der Waals surface area contributed by atoms with Gasteiger partial charge in [0.1, 0.15) is 5.82 Å². The molecule has 0 spiro atoms. The lowest BCUT2D eigenvalue weighted by atomic mass is 10.3. The Morgan fingerprint density at radius 1 is 1.41 bits per heavy atom. The van der Waals surface area contributed by atoms with Gasteiger partial charge >= 0.3 is 6.03 Å². The third-order valence-corrected chi connectivity index (χ3v) is 4.24. The molecule has 0 unspecified atom stereocenters. The molecule has 1 fully saturated rings. The monoisotopic (exact) mass is 255 g/mol. The van der Waals surface area contributed by atoms with Gasteiger partial charge in [-0.3, -0.25) is 5.32 Å². The fourth-order valence-corrected chi connectivity index (χ4v) is 3.36. The molecule has 2 N–H and O–H groups in total. The summed E-state index contributed by atoms with van der Waals surface area (Å²) in [6.07, 6.45) is 2.04. The molecule has 0 bridgehead atoms. The number of carbonyl (C=O) groups is 1. The van der Waals surface area contributed by atoms with Crippen molar-refractivity contribution in [1.82, 2.24) is 10.3 Å². The van der Waals surface area contributed by atoms with E-state index in [2.05, 4.69) is 15.6 Å². The summed E-state index contributed by atoms with van der Waals surface area (Å²) >= 11 is 0. The molecule has 1 aliphatic rings. The normalized spacial score (nSPS) is 22.0. The minimum Gasteiger partial charge on any atom is -0.334 e. The van der Waals surface area contributed by atoms with Crippen LogP contribution in [0.3, 0.4) is 0 Å². The first-order valence-electron chi connectivity index (χ1n) is 5.24. The van der Waals surface area contributed by atoms with Crippen molar-refractivity contribution in [1.29, 1.82) is 0 Å². The molecule has 17 heavy (non-hydrogen) atoms. The number of amides is 2. The van der Waals surface area contributed by atoms with Crippen LogP contribution in [-0.4, -0.2) is 37.0 Å². The summed E-state index contributed by atoms with van der Waals surface area (Å²) in [6, 6.07) is 4.43. The van der Waals surface area contributed by atoms with Crippen LogP contribution in [-0.2, 0) is 9.84 Å². The van der Waals surface area contributed by atoms with Crippen molar-refractivity contribution in [3.63, 3.8) is 0 Å². The summed E-state index contributed by atoms with van der Waals surface area (Å²) in [7, 11) is -2.97. The smallest absolute Gasteiger partial charge is 0.320 e. The van der Waals surface area contributed by atoms with Crippen LogP contribution in [0.4, 0.5) is 10.6 Å². The number of aromatic nitrogens is 1. The molecule has 2 rings (SSSR count). The van der Waals surface area contributed by atoms with Crippen molar-refractivity contribution in [2.24, 2.45) is 0 Å². The Hall–Kier alpha value is -1.63. The summed E-state index contributed by atoms with van der Waals surface area (Å²) in [5.74, 6) is 0.593. The molecule has 6 nitrogen and oxygen atoms in total. The van der Waals surface area contributed by atoms with Crippen LogP contribution in [0.25, 0.3) is 0 Å². The van der Waals surface area contributed by atoms with Gasteiger partial charge in [0.15, 0.2) is 9.84 Å². The third-order valence-electron chi connectivity index (χ3n) is 2.47. The molecule has 1 aromatic rings. The van der Waals surface area contributed by atoms with Crippen LogP contribution in [0.5, 0.6) is 0 Å². The molecule has 0 saturated carbocycles. The second-order valence-electron chi connectivity index (χ2n) is 3.91. The van der Waals surface area contributed by atoms with Gasteiger partial charge in [-0.05, 0) is 18.6 Å². The average molecular weight is 255 g/mol. The standard InChI is InChI=1S/C10H13N3O3S/c14-10(13-9-3-1-2-5-11-9)12-8-4-6-17(15,16)7-8/h1-3,5,8H,4,6-7H2,(H2,11,12,13,14)/t8-/m0/s1. The molecule has 0 radical (unpaired) electrons. The number of hydrogen-bond donors (Lipinski definition) is 2. The molecule has 1 aromatic heterocycles. The average Bonchev–Trinajstić information content (AvgIpc) is 2.59. The minimum absolute atomic E-state index is 0.0165. The van der Waals surface area contributed by atoms with Gasteiger partial charge in [0.25, 0.3) is 0 Å². The van der Waals surface area contributed by atoms with Crippen molar-refractivity contribution in [3.8, 4) is 0 Å². The second kappa shape index (κ2) is 4.70. The first-order chi connectivity index (χ1) is 8.05. The lowest BCUT2D eigenvalue weighted by Gasteiger charge is -2.11. The van der Waals surface area contributed by atoms with Gasteiger partial charge < -0.3 is 5.32 Å². The Morgan fingerprint density at radius 2 is 2.24 bits per heavy atom. The second-order valence-corrected chi connectivity index (χ2v) is 6.14. The number of hydrogen-bond acceptors (Lipinski definition) is 4. The van der Waals surface area contributed by atoms with Gasteiger partial charge in [0.2, 0.25) is 0 Å². The van der Waals surface area contributed by atoms with Crippen LogP contribution in [0.2, 0.25) is 0 Å². The predicted molar refractivity (Wildman–Crippen MR) is 63.5 cm³/mol. The zero-order valence-electron chi connectivity index (χ0n) is 9.09. The number of anilines is 1. The fourth-order valence-electron chi connectivity index (χ4n) is 1.68. The van der Waals surface area contributed by atoms with Crippen LogP contribution >= 0.6 is 0 Å². The Kier molecular flexibility index (Phi) is 3.28. The van der Waals surface area contributed by atoms with Gasteiger partial charge in [-0.1, -0.05) is 6.07 Å². The Morgan fingerprint density at radius 3 is 2.82 bits per heavy atom. The maximum atomic E-state index is 11.5. The largest absolute Gasteiger partial charge is 0.334 e. The lowest BCUT2D eigenvalue weighted by Crippen LogP contribution is -2.38. The van der Waals surface area contributed by atoms with E-state index in [4.69, 9.17) is 0 Å². The maximum absolute atomic E-state index is 11.5. The van der Waals surface area contributed by atoms with Crippen molar-refractivity contribution in [2.45, 2.75) is 12.5 Å². The predicted octanol–water partition coefficient (Wildman–Crippen LogP) is 0.390. The number of nitrogens with one attached hydrogen (secondary N) is 2. The quantitative estimate of drug-likeness (QED) is 0.800. The van der Waals surface area contributed by atoms with Crippen molar-refractivity contribution in [3.05, 3.63) is 24.4 Å². The van der Waals surface area contributed by atoms with Gasteiger partial charge in [0, 0.05) is 12.2 Å². The molecule has 1 saturated heterocycles. The molecule has 1 aliphatic heterocycles. The molecule has 0 aromatic carbocycles. The van der Waals surface area contributed by atoms with E-state index >= 15 is 0 Å². The summed E-state index contributed by atoms with van der Waals surface area (Å²) in [5, 5.41) is 5.15. The zero-order chi connectivity index (χ0) is 12.3. The minimum atomic E-state index is -2.97. The van der Waals surface area contributed by atoms with E-state index in [1.54, 1.807) is 24.4 Å². The molecule has 2 amide bonds. The number of pyridine rings is 1. The summed E-state index contributed by atoms with van der Waals surface area (Å²) in [5.41, 5.74) is 0. The van der Waals surface area contributed by atoms with Crippen molar-refractivity contribution in [2.75, 3.05) is 16.8 Å². The Balaban J connectivity index is 1.87. The van der Waals surface area contributed by atoms with E-state index in [9.17, 15) is 13.2 Å². The number of urea groups is 1. The summed E-state index contributed by atoms with van der Waals surface area (Å²) in [6.45, 7) is 0. The highest BCUT2D eigenvalue weighted by molar-refractivity contribution is 7.91. The molecule has 7 heteroatoms. The SMILES string of the molecule is O=C(Nc1ccccn1)N[C@H]1CCS(=O)(=O)C1. The van der Waals surface area contributed by atoms with Crippen molar-refractivity contribution >= 4 is 21.7 Å². The number of rotatable bonds is 2. The Bertz CT molecular complexity index is 501. The van der Waals surface area contributed by atoms with Crippen LogP contribution in [0, 0.1) is 0 Å². The zero-order valence-corrected chi connectivity index (χ0v) is 9.90. The Labute approximate surface area is 99.4 Å². The van der Waals surface area contributed by atoms with Gasteiger partial charge in [0.05, 0.1) is 11.5 Å². The van der Waals surface area contributed by atoms with Gasteiger partial charge in [-0.25, -0.2) is 18.2 Å². The van der Waals surface area contributed by atoms with Crippen LogP contribution in [0.15, 0.2) is 24.4 Å². The highest BCUT2D eigenvalue weighted by atomic mass is 32.2. The van der Waals surface area contributed by atoms with E-state index in [0.717, 1.165) is 0 Å². The highest BCUT2D eigenvalue weighted by Gasteiger charge is 2.28. The lowest BCUT2D eigenvalue weighted by molar-refractivity contribution is 0.249. The molecular formula is C10H13N3O3S. The van der Waals surface area contributed by atoms with Crippen LogP contribution in [0.1, 0.15) is 6.42 Å². The summed E-state index contributed by atoms with van der Waals surface area (Å²) in [4.78, 5) is 15.5. The molecule has 1 atom stereocenters. The van der Waals surface area contributed by atoms with Crippen molar-refractivity contribution < 1.29 is 13.2 Å². The van der Waals surface area contributed by atoms with E-state index in [1.807, 2.05) is 0 Å². The van der Waals surface area contributed by atoms with Crippen LogP contribution < -0.4 is 10.6 Å². The van der Waals surface area contributed by atoms with E-state index in [-0.39, 0.29) is 17.5 Å². The highest BCUT2D eigenvalue weighted by Crippen LogP contribution is 2.11. The number of sulfone groups is 1. The van der Waals surface area contributed by atoms with E-state index in [0.29, 0.717) is 12.2 Å². The fraction of sp³-hybridized carbons (Fsp3) is 0.400. The molecular weight excluding hydrogens is 242 g/mol.